The van der Waals surface area contributed by atoms with Gasteiger partial charge in [-0.1, -0.05) is 91.5 Å². The number of ether oxygens (including phenoxy) is 2. The Balaban J connectivity index is 0. The van der Waals surface area contributed by atoms with Gasteiger partial charge in [-0.05, 0) is 11.6 Å². The van der Waals surface area contributed by atoms with Crippen LogP contribution >= 0.6 is 23.2 Å². The fraction of sp³-hybridized carbons (Fsp3) is 0.125. The van der Waals surface area contributed by atoms with E-state index in [1.165, 1.54) is 13.0 Å². The molecule has 1 N–H and O–H groups in total. The van der Waals surface area contributed by atoms with Crippen molar-refractivity contribution in [2.45, 2.75) is 13.8 Å². The molecule has 0 unspecified atom stereocenters. The minimum atomic E-state index is -0.833. The second kappa shape index (κ2) is 19.6. The van der Waals surface area contributed by atoms with Gasteiger partial charge in [0.1, 0.15) is 6.61 Å². The summed E-state index contributed by atoms with van der Waals surface area (Å²) in [6, 6.07) is 15.6. The van der Waals surface area contributed by atoms with E-state index in [1.54, 1.807) is 6.07 Å². The van der Waals surface area contributed by atoms with Crippen LogP contribution in [0.1, 0.15) is 13.8 Å². The van der Waals surface area contributed by atoms with Crippen molar-refractivity contribution in [2.75, 3.05) is 6.61 Å². The largest absolute Gasteiger partial charge is 0.481 e. The van der Waals surface area contributed by atoms with Gasteiger partial charge in [-0.25, -0.2) is 4.79 Å². The van der Waals surface area contributed by atoms with Gasteiger partial charge >= 0.3 is 11.9 Å². The predicted octanol–water partition coefficient (Wildman–Crippen LogP) is 6.35. The van der Waals surface area contributed by atoms with Gasteiger partial charge in [-0.2, -0.15) is 0 Å². The first-order valence-electron chi connectivity index (χ1n) is 8.97. The fourth-order valence-electron chi connectivity index (χ4n) is 1.66. The standard InChI is InChI=1S/C12H8Cl2.C6H8O2.C4H6O2.C2H4O2/c13-11-8-4-7-10(12(11)14)9-5-2-1-3-6-9;1-3-5-8-6(7)4-2;1-3-6-4(2)5;1-2(3)4/h1-8H;3-4H,1-2,5H2;3H,1H2,2H3;1H3,(H,3,4). The molecule has 32 heavy (non-hydrogen) atoms. The smallest absolute Gasteiger partial charge is 0.330 e. The zero-order chi connectivity index (χ0) is 24.9. The van der Waals surface area contributed by atoms with Crippen LogP contribution in [0.15, 0.2) is 86.7 Å². The number of carboxylic acid groups (broad SMARTS) is 1. The Morgan fingerprint density at radius 1 is 0.969 bits per heavy atom. The lowest BCUT2D eigenvalue weighted by molar-refractivity contribution is -0.137. The van der Waals surface area contributed by atoms with Crippen molar-refractivity contribution in [3.05, 3.63) is 96.7 Å². The molecule has 6 nitrogen and oxygen atoms in total. The SMILES string of the molecule is C=CCOC(=O)C=C.C=COC(C)=O.CC(=O)O.Clc1cccc(-c2ccccc2)c1Cl. The normalized spacial score (nSPS) is 8.38. The Morgan fingerprint density at radius 3 is 1.94 bits per heavy atom. The number of halogens is 2. The molecule has 8 heteroatoms. The molecular weight excluding hydrogens is 455 g/mol. The van der Waals surface area contributed by atoms with E-state index in [4.69, 9.17) is 33.1 Å². The molecule has 172 valence electrons. The monoisotopic (exact) mass is 480 g/mol. The van der Waals surface area contributed by atoms with Crippen LogP contribution in [0.25, 0.3) is 11.1 Å². The van der Waals surface area contributed by atoms with Crippen molar-refractivity contribution in [2.24, 2.45) is 0 Å². The summed E-state index contributed by atoms with van der Waals surface area (Å²) in [5.41, 5.74) is 2.06. The highest BCUT2D eigenvalue weighted by atomic mass is 35.5. The molecule has 0 aromatic heterocycles. The van der Waals surface area contributed by atoms with Crippen molar-refractivity contribution in [3.8, 4) is 11.1 Å². The van der Waals surface area contributed by atoms with Gasteiger partial charge in [0.05, 0.1) is 16.3 Å². The van der Waals surface area contributed by atoms with Gasteiger partial charge in [-0.3, -0.25) is 9.59 Å². The van der Waals surface area contributed by atoms with Gasteiger partial charge in [0.2, 0.25) is 0 Å². The molecule has 0 spiro atoms. The van der Waals surface area contributed by atoms with Crippen LogP contribution in [0.3, 0.4) is 0 Å². The summed E-state index contributed by atoms with van der Waals surface area (Å²) in [4.78, 5) is 28.9. The average Bonchev–Trinajstić information content (AvgIpc) is 2.75. The van der Waals surface area contributed by atoms with Crippen LogP contribution in [0.2, 0.25) is 10.0 Å². The molecule has 2 rings (SSSR count). The molecule has 0 heterocycles. The Hall–Kier alpha value is -3.35. The lowest BCUT2D eigenvalue weighted by Crippen LogP contribution is -1.98. The molecular formula is C24H26Cl2O6. The van der Waals surface area contributed by atoms with E-state index in [2.05, 4.69) is 29.2 Å². The molecule has 0 aliphatic heterocycles. The Kier molecular flexibility index (Phi) is 18.9. The minimum Gasteiger partial charge on any atom is -0.481 e. The maximum atomic E-state index is 10.2. The third-order valence-electron chi connectivity index (χ3n) is 2.80. The minimum absolute atomic E-state index is 0.255. The van der Waals surface area contributed by atoms with E-state index in [9.17, 15) is 9.59 Å². The quantitative estimate of drug-likeness (QED) is 0.232. The molecule has 0 fully saturated rings. The van der Waals surface area contributed by atoms with Gasteiger partial charge in [-0.15, -0.1) is 0 Å². The first-order chi connectivity index (χ1) is 15.1. The maximum absolute atomic E-state index is 10.2. The number of esters is 2. The summed E-state index contributed by atoms with van der Waals surface area (Å²) >= 11 is 12.0. The molecule has 0 amide bonds. The lowest BCUT2D eigenvalue weighted by Gasteiger charge is -2.04. The third-order valence-corrected chi connectivity index (χ3v) is 3.61. The van der Waals surface area contributed by atoms with Crippen LogP contribution in [-0.2, 0) is 23.9 Å². The molecule has 2 aromatic rings. The lowest BCUT2D eigenvalue weighted by atomic mass is 10.1. The van der Waals surface area contributed by atoms with Gasteiger partial charge in [0.15, 0.2) is 0 Å². The number of rotatable bonds is 5. The number of carboxylic acids is 1. The summed E-state index contributed by atoms with van der Waals surface area (Å²) in [6.07, 6.45) is 3.72. The van der Waals surface area contributed by atoms with E-state index in [0.29, 0.717) is 10.0 Å². The Labute approximate surface area is 198 Å². The van der Waals surface area contributed by atoms with Crippen LogP contribution in [0.4, 0.5) is 0 Å². The Bertz CT molecular complexity index is 875. The molecule has 2 aromatic carbocycles. The highest BCUT2D eigenvalue weighted by molar-refractivity contribution is 6.43. The van der Waals surface area contributed by atoms with E-state index in [1.807, 2.05) is 42.5 Å². The molecule has 0 bridgehead atoms. The number of hydrogen-bond donors (Lipinski definition) is 1. The van der Waals surface area contributed by atoms with Crippen molar-refractivity contribution >= 4 is 41.1 Å². The summed E-state index contributed by atoms with van der Waals surface area (Å²) < 4.78 is 8.63. The summed E-state index contributed by atoms with van der Waals surface area (Å²) in [5, 5.41) is 8.62. The first-order valence-corrected chi connectivity index (χ1v) is 9.73. The predicted molar refractivity (Wildman–Crippen MR) is 129 cm³/mol. The second-order valence-corrected chi connectivity index (χ2v) is 6.17. The van der Waals surface area contributed by atoms with Crippen LogP contribution < -0.4 is 0 Å². The summed E-state index contributed by atoms with van der Waals surface area (Å²) in [5.74, 6) is -1.57. The van der Waals surface area contributed by atoms with Crippen LogP contribution in [0.5, 0.6) is 0 Å². The number of carbonyl (C=O) groups is 3. The van der Waals surface area contributed by atoms with E-state index in [-0.39, 0.29) is 12.6 Å². The van der Waals surface area contributed by atoms with Crippen LogP contribution in [0, 0.1) is 0 Å². The fourth-order valence-corrected chi connectivity index (χ4v) is 2.07. The number of hydrogen-bond acceptors (Lipinski definition) is 5. The maximum Gasteiger partial charge on any atom is 0.330 e. The number of aliphatic carboxylic acids is 1. The van der Waals surface area contributed by atoms with Crippen molar-refractivity contribution in [1.29, 1.82) is 0 Å². The van der Waals surface area contributed by atoms with Crippen molar-refractivity contribution in [3.63, 3.8) is 0 Å². The second-order valence-electron chi connectivity index (χ2n) is 5.39. The van der Waals surface area contributed by atoms with Crippen molar-refractivity contribution in [1.82, 2.24) is 0 Å². The molecule has 0 saturated heterocycles. The van der Waals surface area contributed by atoms with Crippen LogP contribution in [-0.4, -0.2) is 29.6 Å². The topological polar surface area (TPSA) is 89.9 Å². The Morgan fingerprint density at radius 2 is 1.53 bits per heavy atom. The highest BCUT2D eigenvalue weighted by Crippen LogP contribution is 2.32. The van der Waals surface area contributed by atoms with E-state index in [0.717, 1.165) is 30.4 Å². The average molecular weight is 481 g/mol. The van der Waals surface area contributed by atoms with E-state index < -0.39 is 11.9 Å². The molecule has 0 atom stereocenters. The molecule has 0 radical (unpaired) electrons. The summed E-state index contributed by atoms with van der Waals surface area (Å²) in [7, 11) is 0. The third kappa shape index (κ3) is 17.5. The van der Waals surface area contributed by atoms with Gasteiger partial charge in [0, 0.05) is 25.5 Å². The van der Waals surface area contributed by atoms with Gasteiger partial charge in [0.25, 0.3) is 5.97 Å². The molecule has 0 saturated carbocycles. The first kappa shape index (κ1) is 30.8. The zero-order valence-corrected chi connectivity index (χ0v) is 19.4. The van der Waals surface area contributed by atoms with E-state index >= 15 is 0 Å². The summed E-state index contributed by atoms with van der Waals surface area (Å²) in [6.45, 7) is 12.4. The molecule has 0 aliphatic rings. The number of carbonyl (C=O) groups excluding carboxylic acids is 2. The van der Waals surface area contributed by atoms with Gasteiger partial charge < -0.3 is 14.6 Å². The van der Waals surface area contributed by atoms with Crippen molar-refractivity contribution < 1.29 is 29.0 Å². The molecule has 0 aliphatic carbocycles. The number of benzene rings is 2. The highest BCUT2D eigenvalue weighted by Gasteiger charge is 2.05. The zero-order valence-electron chi connectivity index (χ0n) is 17.9.